The van der Waals surface area contributed by atoms with Crippen LogP contribution in [0.1, 0.15) is 19.3 Å². The van der Waals surface area contributed by atoms with Gasteiger partial charge in [0.15, 0.2) is 0 Å². The van der Waals surface area contributed by atoms with Crippen LogP contribution >= 0.6 is 11.8 Å². The maximum atomic E-state index is 11.9. The van der Waals surface area contributed by atoms with Crippen molar-refractivity contribution in [2.45, 2.75) is 24.2 Å². The second-order valence-corrected chi connectivity index (χ2v) is 5.27. The van der Waals surface area contributed by atoms with Gasteiger partial charge >= 0.3 is 0 Å². The predicted octanol–water partition coefficient (Wildman–Crippen LogP) is 2.50. The first-order valence-corrected chi connectivity index (χ1v) is 6.94. The highest BCUT2D eigenvalue weighted by Crippen LogP contribution is 2.21. The molecule has 0 atom stereocenters. The van der Waals surface area contributed by atoms with Gasteiger partial charge in [-0.2, -0.15) is 0 Å². The van der Waals surface area contributed by atoms with Gasteiger partial charge in [-0.1, -0.05) is 0 Å². The molecule has 1 saturated heterocycles. The minimum Gasteiger partial charge on any atom is -0.508 e. The summed E-state index contributed by atoms with van der Waals surface area (Å²) in [6.07, 6.45) is 3.51. The summed E-state index contributed by atoms with van der Waals surface area (Å²) < 4.78 is 0. The number of likely N-dealkylation sites (tertiary alicyclic amines) is 1. The zero-order valence-electron chi connectivity index (χ0n) is 9.76. The number of thioether (sulfide) groups is 1. The molecule has 0 radical (unpaired) electrons. The molecule has 2 rings (SSSR count). The van der Waals surface area contributed by atoms with Crippen molar-refractivity contribution >= 4 is 17.7 Å². The van der Waals surface area contributed by atoms with E-state index in [0.717, 1.165) is 30.8 Å². The molecule has 17 heavy (non-hydrogen) atoms. The molecule has 0 aromatic heterocycles. The second-order valence-electron chi connectivity index (χ2n) is 4.22. The van der Waals surface area contributed by atoms with Crippen LogP contribution in [-0.2, 0) is 4.79 Å². The Morgan fingerprint density at radius 1 is 1.18 bits per heavy atom. The highest BCUT2D eigenvalue weighted by atomic mass is 32.2. The number of piperidine rings is 1. The molecule has 0 bridgehead atoms. The summed E-state index contributed by atoms with van der Waals surface area (Å²) in [6.45, 7) is 1.82. The molecule has 0 spiro atoms. The molecular weight excluding hydrogens is 234 g/mol. The van der Waals surface area contributed by atoms with Gasteiger partial charge < -0.3 is 10.0 Å². The number of hydrogen-bond donors (Lipinski definition) is 1. The molecular formula is C13H17NO2S. The lowest BCUT2D eigenvalue weighted by Crippen LogP contribution is -2.36. The fraction of sp³-hybridized carbons (Fsp3) is 0.462. The summed E-state index contributed by atoms with van der Waals surface area (Å²) in [7, 11) is 0. The standard InChI is InChI=1S/C13H17NO2S/c15-11-4-6-12(7-5-11)17-10-13(16)14-8-2-1-3-9-14/h4-7,15H,1-3,8-10H2. The molecule has 0 unspecified atom stereocenters. The molecule has 92 valence electrons. The molecule has 0 aliphatic carbocycles. The van der Waals surface area contributed by atoms with E-state index in [4.69, 9.17) is 5.11 Å². The first-order chi connectivity index (χ1) is 8.25. The molecule has 1 fully saturated rings. The van der Waals surface area contributed by atoms with Crippen LogP contribution in [-0.4, -0.2) is 34.8 Å². The van der Waals surface area contributed by atoms with Crippen molar-refractivity contribution in [2.24, 2.45) is 0 Å². The fourth-order valence-corrected chi connectivity index (χ4v) is 2.72. The van der Waals surface area contributed by atoms with Gasteiger partial charge in [0.25, 0.3) is 0 Å². The lowest BCUT2D eigenvalue weighted by Gasteiger charge is -2.26. The number of phenolic OH excluding ortho intramolecular Hbond substituents is 1. The maximum Gasteiger partial charge on any atom is 0.232 e. The Labute approximate surface area is 106 Å². The summed E-state index contributed by atoms with van der Waals surface area (Å²) in [5.74, 6) is 0.976. The molecule has 1 aliphatic rings. The first kappa shape index (κ1) is 12.3. The number of nitrogens with zero attached hydrogens (tertiary/aromatic N) is 1. The summed E-state index contributed by atoms with van der Waals surface area (Å²) >= 11 is 1.53. The van der Waals surface area contributed by atoms with E-state index in [9.17, 15) is 4.79 Å². The van der Waals surface area contributed by atoms with Crippen LogP contribution in [0.15, 0.2) is 29.2 Å². The molecule has 1 amide bonds. The van der Waals surface area contributed by atoms with Crippen molar-refractivity contribution in [1.29, 1.82) is 0 Å². The third-order valence-corrected chi connectivity index (χ3v) is 3.90. The number of benzene rings is 1. The molecule has 1 aromatic carbocycles. The van der Waals surface area contributed by atoms with E-state index in [0.29, 0.717) is 5.75 Å². The van der Waals surface area contributed by atoms with Gasteiger partial charge in [-0.05, 0) is 43.5 Å². The van der Waals surface area contributed by atoms with E-state index in [2.05, 4.69) is 0 Å². The summed E-state index contributed by atoms with van der Waals surface area (Å²) in [5.41, 5.74) is 0. The zero-order valence-corrected chi connectivity index (χ0v) is 10.6. The highest BCUT2D eigenvalue weighted by molar-refractivity contribution is 8.00. The first-order valence-electron chi connectivity index (χ1n) is 5.95. The Bertz CT molecular complexity index is 372. The lowest BCUT2D eigenvalue weighted by atomic mass is 10.1. The third-order valence-electron chi connectivity index (χ3n) is 2.91. The molecule has 0 saturated carbocycles. The van der Waals surface area contributed by atoms with Gasteiger partial charge in [0.05, 0.1) is 5.75 Å². The molecule has 1 aliphatic heterocycles. The van der Waals surface area contributed by atoms with Crippen LogP contribution in [0.5, 0.6) is 5.75 Å². The van der Waals surface area contributed by atoms with E-state index < -0.39 is 0 Å². The van der Waals surface area contributed by atoms with Gasteiger partial charge in [-0.3, -0.25) is 4.79 Å². The Morgan fingerprint density at radius 2 is 1.82 bits per heavy atom. The number of rotatable bonds is 3. The van der Waals surface area contributed by atoms with Gasteiger partial charge in [0.2, 0.25) is 5.91 Å². The smallest absolute Gasteiger partial charge is 0.232 e. The van der Waals surface area contributed by atoms with Gasteiger partial charge in [0.1, 0.15) is 5.75 Å². The van der Waals surface area contributed by atoms with Crippen LogP contribution in [0.25, 0.3) is 0 Å². The Morgan fingerprint density at radius 3 is 2.47 bits per heavy atom. The van der Waals surface area contributed by atoms with E-state index >= 15 is 0 Å². The minimum absolute atomic E-state index is 0.225. The number of carbonyl (C=O) groups excluding carboxylic acids is 1. The van der Waals surface area contributed by atoms with Crippen LogP contribution < -0.4 is 0 Å². The van der Waals surface area contributed by atoms with Crippen molar-refractivity contribution in [1.82, 2.24) is 4.90 Å². The van der Waals surface area contributed by atoms with Gasteiger partial charge in [-0.15, -0.1) is 11.8 Å². The number of aromatic hydroxyl groups is 1. The lowest BCUT2D eigenvalue weighted by molar-refractivity contribution is -0.129. The van der Waals surface area contributed by atoms with Crippen LogP contribution in [0, 0.1) is 0 Å². The molecule has 1 heterocycles. The van der Waals surface area contributed by atoms with Crippen molar-refractivity contribution in [2.75, 3.05) is 18.8 Å². The molecule has 1 N–H and O–H groups in total. The number of amides is 1. The van der Waals surface area contributed by atoms with E-state index in [1.54, 1.807) is 12.1 Å². The summed E-state index contributed by atoms with van der Waals surface area (Å²) in [6, 6.07) is 6.97. The topological polar surface area (TPSA) is 40.5 Å². The third kappa shape index (κ3) is 3.66. The SMILES string of the molecule is O=C(CSc1ccc(O)cc1)N1CCCCC1. The fourth-order valence-electron chi connectivity index (χ4n) is 1.92. The molecule has 3 nitrogen and oxygen atoms in total. The van der Waals surface area contributed by atoms with Gasteiger partial charge in [-0.25, -0.2) is 0 Å². The molecule has 1 aromatic rings. The van der Waals surface area contributed by atoms with Gasteiger partial charge in [0, 0.05) is 18.0 Å². The maximum absolute atomic E-state index is 11.9. The number of phenols is 1. The van der Waals surface area contributed by atoms with Crippen molar-refractivity contribution in [3.63, 3.8) is 0 Å². The quantitative estimate of drug-likeness (QED) is 0.839. The van der Waals surface area contributed by atoms with Crippen molar-refractivity contribution in [3.8, 4) is 5.75 Å². The van der Waals surface area contributed by atoms with Crippen LogP contribution in [0.4, 0.5) is 0 Å². The summed E-state index contributed by atoms with van der Waals surface area (Å²) in [5, 5.41) is 9.15. The monoisotopic (exact) mass is 251 g/mol. The van der Waals surface area contributed by atoms with Crippen molar-refractivity contribution in [3.05, 3.63) is 24.3 Å². The normalized spacial score (nSPS) is 15.9. The van der Waals surface area contributed by atoms with E-state index in [1.807, 2.05) is 17.0 Å². The van der Waals surface area contributed by atoms with Crippen LogP contribution in [0.2, 0.25) is 0 Å². The minimum atomic E-state index is 0.225. The van der Waals surface area contributed by atoms with Crippen molar-refractivity contribution < 1.29 is 9.90 Å². The Hall–Kier alpha value is -1.16. The average Bonchev–Trinajstić information content (AvgIpc) is 2.39. The number of hydrogen-bond acceptors (Lipinski definition) is 3. The highest BCUT2D eigenvalue weighted by Gasteiger charge is 2.16. The predicted molar refractivity (Wildman–Crippen MR) is 69.3 cm³/mol. The Kier molecular flexibility index (Phi) is 4.31. The zero-order chi connectivity index (χ0) is 12.1. The van der Waals surface area contributed by atoms with E-state index in [-0.39, 0.29) is 11.7 Å². The average molecular weight is 251 g/mol. The second kappa shape index (κ2) is 5.96. The molecule has 4 heteroatoms. The summed E-state index contributed by atoms with van der Waals surface area (Å²) in [4.78, 5) is 14.9. The van der Waals surface area contributed by atoms with E-state index in [1.165, 1.54) is 18.2 Å². The Balaban J connectivity index is 1.81. The van der Waals surface area contributed by atoms with Crippen LogP contribution in [0.3, 0.4) is 0 Å². The number of carbonyl (C=O) groups is 1. The largest absolute Gasteiger partial charge is 0.508 e.